The molecule has 2 unspecified atom stereocenters. The van der Waals surface area contributed by atoms with Gasteiger partial charge < -0.3 is 20.7 Å². The van der Waals surface area contributed by atoms with Gasteiger partial charge in [-0.25, -0.2) is 15.3 Å². The molecule has 0 spiro atoms. The van der Waals surface area contributed by atoms with Gasteiger partial charge >= 0.3 is 5.97 Å². The fourth-order valence-corrected chi connectivity index (χ4v) is 6.34. The van der Waals surface area contributed by atoms with Crippen LogP contribution >= 0.6 is 11.6 Å². The molecule has 0 radical (unpaired) electrons. The summed E-state index contributed by atoms with van der Waals surface area (Å²) in [5.74, 6) is -3.36. The number of tetrazole rings is 1. The third kappa shape index (κ3) is 10.8. The molecule has 0 saturated carbocycles. The number of benzene rings is 3. The summed E-state index contributed by atoms with van der Waals surface area (Å²) in [6.07, 6.45) is 3.05. The minimum atomic E-state index is -1.33. The number of aromatic amines is 2. The molecule has 282 valence electrons. The quantitative estimate of drug-likeness (QED) is 0.0269. The van der Waals surface area contributed by atoms with E-state index in [0.29, 0.717) is 42.4 Å². The van der Waals surface area contributed by atoms with Gasteiger partial charge in [-0.3, -0.25) is 19.6 Å². The normalized spacial score (nSPS) is 12.7. The first kappa shape index (κ1) is 39.3. The Morgan fingerprint density at radius 2 is 1.56 bits per heavy atom. The van der Waals surface area contributed by atoms with Gasteiger partial charge in [0.25, 0.3) is 11.8 Å². The van der Waals surface area contributed by atoms with Crippen LogP contribution in [0.15, 0.2) is 78.9 Å². The van der Waals surface area contributed by atoms with Crippen molar-refractivity contribution in [2.45, 2.75) is 57.9 Å². The lowest BCUT2D eigenvalue weighted by Crippen LogP contribution is -2.48. The van der Waals surface area contributed by atoms with Crippen LogP contribution in [0.3, 0.4) is 0 Å². The molecule has 5 rings (SSSR count). The average Bonchev–Trinajstić information content (AvgIpc) is 3.86. The Kier molecular flexibility index (Phi) is 14.0. The van der Waals surface area contributed by atoms with Crippen molar-refractivity contribution in [1.29, 1.82) is 0 Å². The Labute approximate surface area is 316 Å². The second-order valence-electron chi connectivity index (χ2n) is 13.0. The lowest BCUT2D eigenvalue weighted by molar-refractivity contribution is -0.146. The number of amides is 3. The zero-order valence-corrected chi connectivity index (χ0v) is 30.3. The van der Waals surface area contributed by atoms with Crippen LogP contribution in [0.1, 0.15) is 60.0 Å². The van der Waals surface area contributed by atoms with Gasteiger partial charge in [0.2, 0.25) is 11.7 Å². The van der Waals surface area contributed by atoms with E-state index in [1.165, 1.54) is 11.0 Å². The van der Waals surface area contributed by atoms with Crippen LogP contribution in [0.5, 0.6) is 0 Å². The van der Waals surface area contributed by atoms with Gasteiger partial charge in [-0.2, -0.15) is 5.21 Å². The smallest absolute Gasteiger partial charge is 0.326 e. The molecule has 54 heavy (non-hydrogen) atoms. The number of imidazole rings is 1. The second kappa shape index (κ2) is 19.2. The van der Waals surface area contributed by atoms with Crippen LogP contribution in [0.2, 0.25) is 5.15 Å². The van der Waals surface area contributed by atoms with Crippen LogP contribution in [0.25, 0.3) is 22.5 Å². The number of carbonyl (C=O) groups is 4. The van der Waals surface area contributed by atoms with E-state index in [1.807, 2.05) is 24.3 Å². The van der Waals surface area contributed by atoms with Crippen molar-refractivity contribution >= 4 is 35.3 Å². The number of carbonyl (C=O) groups excluding carboxylic acids is 3. The van der Waals surface area contributed by atoms with Crippen LogP contribution in [0.4, 0.5) is 0 Å². The van der Waals surface area contributed by atoms with Gasteiger partial charge in [-0.1, -0.05) is 97.4 Å². The first-order chi connectivity index (χ1) is 26.1. The predicted molar refractivity (Wildman–Crippen MR) is 199 cm³/mol. The van der Waals surface area contributed by atoms with Crippen molar-refractivity contribution in [2.75, 3.05) is 6.54 Å². The summed E-state index contributed by atoms with van der Waals surface area (Å²) in [6.45, 7) is 2.38. The molecule has 0 aliphatic carbocycles. The van der Waals surface area contributed by atoms with E-state index < -0.39 is 35.7 Å². The maximum Gasteiger partial charge on any atom is 0.326 e. The zero-order valence-electron chi connectivity index (χ0n) is 29.6. The molecule has 0 saturated heterocycles. The molecule has 2 aromatic heterocycles. The summed E-state index contributed by atoms with van der Waals surface area (Å²) in [4.78, 5) is 57.2. The number of carboxylic acid groups (broad SMARTS) is 1. The average molecular weight is 756 g/mol. The SMILES string of the molecule is CC(CCc1nc(C(=O)NCCCC[C@H](NC(=O)C(Cc2ccccc2)C(=O)NO)C(=O)O)c(Cl)[nH]1)Cc1ccc(-c2ccccc2-c2nn[nH]n2)cc1. The number of hydrogen-bond donors (Lipinski definition) is 7. The number of hydrogen-bond acceptors (Lipinski definition) is 9. The summed E-state index contributed by atoms with van der Waals surface area (Å²) in [7, 11) is 0. The predicted octanol–water partition coefficient (Wildman–Crippen LogP) is 4.56. The van der Waals surface area contributed by atoms with Gasteiger partial charge in [-0.05, 0) is 71.9 Å². The largest absolute Gasteiger partial charge is 0.480 e. The molecule has 0 fully saturated rings. The summed E-state index contributed by atoms with van der Waals surface area (Å²) in [5, 5.41) is 38.5. The molecule has 16 heteroatoms. The molecule has 3 aromatic carbocycles. The number of rotatable bonds is 19. The standard InChI is InChI=1S/C38H42ClN9O6/c1-23(21-25-15-17-26(18-16-25)27-11-5-6-12-28(27)34-44-47-48-45-34)14-19-31-42-32(33(39)43-31)37(51)40-20-8-7-13-30(38(52)53)41-35(49)29(36(50)46-54)22-24-9-3-2-4-10-24/h2-6,9-12,15-18,23,29-30,54H,7-8,13-14,19-22H2,1H3,(H,40,51)(H,41,49)(H,42,43)(H,46,50)(H,52,53)(H,44,45,47,48)/t23?,29?,30-/m0/s1. The number of hydroxylamine groups is 1. The highest BCUT2D eigenvalue weighted by molar-refractivity contribution is 6.32. The van der Waals surface area contributed by atoms with E-state index in [4.69, 9.17) is 16.8 Å². The van der Waals surface area contributed by atoms with E-state index in [9.17, 15) is 24.3 Å². The monoisotopic (exact) mass is 755 g/mol. The summed E-state index contributed by atoms with van der Waals surface area (Å²) in [6, 6.07) is 23.7. The van der Waals surface area contributed by atoms with Gasteiger partial charge in [0.1, 0.15) is 22.9 Å². The molecule has 5 aromatic rings. The number of H-pyrrole nitrogens is 2. The Balaban J connectivity index is 1.04. The molecule has 15 nitrogen and oxygen atoms in total. The van der Waals surface area contributed by atoms with E-state index in [-0.39, 0.29) is 30.2 Å². The van der Waals surface area contributed by atoms with E-state index in [2.05, 4.69) is 72.4 Å². The molecule has 2 heterocycles. The fraction of sp³-hybridized carbons (Fsp3) is 0.316. The van der Waals surface area contributed by atoms with Crippen molar-refractivity contribution in [3.8, 4) is 22.5 Å². The third-order valence-corrected chi connectivity index (χ3v) is 9.28. The van der Waals surface area contributed by atoms with Crippen molar-refractivity contribution in [3.05, 3.63) is 107 Å². The van der Waals surface area contributed by atoms with Gasteiger partial charge in [-0.15, -0.1) is 10.2 Å². The number of nitrogens with one attached hydrogen (secondary N) is 5. The van der Waals surface area contributed by atoms with Crippen molar-refractivity contribution in [1.82, 2.24) is 46.7 Å². The minimum absolute atomic E-state index is 0.0235. The number of aromatic nitrogens is 6. The van der Waals surface area contributed by atoms with Gasteiger partial charge in [0, 0.05) is 18.5 Å². The molecule has 0 aliphatic rings. The Bertz CT molecular complexity index is 2010. The van der Waals surface area contributed by atoms with Gasteiger partial charge in [0.05, 0.1) is 0 Å². The highest BCUT2D eigenvalue weighted by atomic mass is 35.5. The summed E-state index contributed by atoms with van der Waals surface area (Å²) in [5.41, 5.74) is 6.39. The molecular formula is C38H42ClN9O6. The highest BCUT2D eigenvalue weighted by Crippen LogP contribution is 2.30. The number of aryl methyl sites for hydroxylation is 1. The zero-order chi connectivity index (χ0) is 38.5. The second-order valence-corrected chi connectivity index (χ2v) is 13.4. The van der Waals surface area contributed by atoms with Crippen molar-refractivity contribution < 1.29 is 29.5 Å². The Hall–Kier alpha value is -5.93. The first-order valence-corrected chi connectivity index (χ1v) is 18.0. The molecule has 0 aliphatic heterocycles. The van der Waals surface area contributed by atoms with Crippen LogP contribution in [-0.4, -0.2) is 77.2 Å². The summed E-state index contributed by atoms with van der Waals surface area (Å²) >= 11 is 6.33. The van der Waals surface area contributed by atoms with Crippen molar-refractivity contribution in [2.24, 2.45) is 11.8 Å². The maximum absolute atomic E-state index is 12.9. The van der Waals surface area contributed by atoms with E-state index >= 15 is 0 Å². The highest BCUT2D eigenvalue weighted by Gasteiger charge is 2.30. The van der Waals surface area contributed by atoms with E-state index in [1.54, 1.807) is 30.3 Å². The Morgan fingerprint density at radius 1 is 0.852 bits per heavy atom. The minimum Gasteiger partial charge on any atom is -0.480 e. The molecule has 7 N–H and O–H groups in total. The van der Waals surface area contributed by atoms with Crippen molar-refractivity contribution in [3.63, 3.8) is 0 Å². The number of nitrogens with zero attached hydrogens (tertiary/aromatic N) is 4. The fourth-order valence-electron chi connectivity index (χ4n) is 6.10. The number of carboxylic acids is 1. The molecule has 3 atom stereocenters. The maximum atomic E-state index is 12.9. The van der Waals surface area contributed by atoms with Gasteiger partial charge in [0.15, 0.2) is 5.69 Å². The first-order valence-electron chi connectivity index (χ1n) is 17.6. The third-order valence-electron chi connectivity index (χ3n) is 9.01. The number of unbranched alkanes of at least 4 members (excludes halogenated alkanes) is 1. The van der Waals surface area contributed by atoms with Crippen LogP contribution < -0.4 is 16.1 Å². The van der Waals surface area contributed by atoms with Crippen LogP contribution in [-0.2, 0) is 33.6 Å². The lowest BCUT2D eigenvalue weighted by atomic mass is 9.94. The number of halogens is 1. The summed E-state index contributed by atoms with van der Waals surface area (Å²) < 4.78 is 0. The van der Waals surface area contributed by atoms with Crippen LogP contribution in [0, 0.1) is 11.8 Å². The molecular weight excluding hydrogens is 714 g/mol. The Morgan fingerprint density at radius 3 is 2.24 bits per heavy atom. The lowest BCUT2D eigenvalue weighted by Gasteiger charge is -2.19. The topological polar surface area (TPSA) is 228 Å². The molecule has 0 bridgehead atoms. The van der Waals surface area contributed by atoms with E-state index in [0.717, 1.165) is 29.5 Å². The molecule has 3 amide bonds. The number of aliphatic carboxylic acids is 1.